The maximum absolute atomic E-state index is 12.0. The molecular weight excluding hydrogens is 282 g/mol. The molecule has 0 atom stereocenters. The fourth-order valence-corrected chi connectivity index (χ4v) is 2.68. The van der Waals surface area contributed by atoms with E-state index in [-0.39, 0.29) is 17.2 Å². The van der Waals surface area contributed by atoms with E-state index in [4.69, 9.17) is 9.47 Å². The van der Waals surface area contributed by atoms with E-state index in [9.17, 15) is 9.90 Å². The normalized spacial score (nSPS) is 15.5. The number of phenols is 1. The Hall–Kier alpha value is -1.75. The molecule has 0 aromatic heterocycles. The average Bonchev–Trinajstić information content (AvgIpc) is 2.55. The lowest BCUT2D eigenvalue weighted by atomic mass is 9.98. The maximum Gasteiger partial charge on any atom is 0.255 e. The Balaban J connectivity index is 1.67. The van der Waals surface area contributed by atoms with Crippen LogP contribution in [-0.4, -0.2) is 37.4 Å². The predicted octanol–water partition coefficient (Wildman–Crippen LogP) is 2.87. The minimum atomic E-state index is -0.280. The van der Waals surface area contributed by atoms with Crippen molar-refractivity contribution in [1.82, 2.24) is 5.32 Å². The number of carbonyl (C=O) groups excluding carboxylic acids is 1. The maximum atomic E-state index is 12.0. The first-order valence-electron chi connectivity index (χ1n) is 7.97. The Labute approximate surface area is 131 Å². The Morgan fingerprint density at radius 3 is 2.77 bits per heavy atom. The summed E-state index contributed by atoms with van der Waals surface area (Å²) in [5.74, 6) is 0.169. The number of hydrogen-bond acceptors (Lipinski definition) is 4. The number of carbonyl (C=O) groups is 1. The molecule has 5 heteroatoms. The number of hydrogen-bond donors (Lipinski definition) is 2. The van der Waals surface area contributed by atoms with E-state index in [1.165, 1.54) is 32.4 Å². The Morgan fingerprint density at radius 2 is 2.09 bits per heavy atom. The molecule has 1 aromatic carbocycles. The number of rotatable bonds is 7. The summed E-state index contributed by atoms with van der Waals surface area (Å²) < 4.78 is 10.8. The van der Waals surface area contributed by atoms with Gasteiger partial charge in [0.1, 0.15) is 11.5 Å². The van der Waals surface area contributed by atoms with Crippen molar-refractivity contribution in [2.45, 2.75) is 44.6 Å². The van der Waals surface area contributed by atoms with Gasteiger partial charge in [0, 0.05) is 19.2 Å². The topological polar surface area (TPSA) is 67.8 Å². The van der Waals surface area contributed by atoms with Gasteiger partial charge in [0.2, 0.25) is 0 Å². The van der Waals surface area contributed by atoms with Gasteiger partial charge in [-0.25, -0.2) is 0 Å². The fraction of sp³-hybridized carbons (Fsp3) is 0.588. The summed E-state index contributed by atoms with van der Waals surface area (Å²) in [7, 11) is 1.51. The quantitative estimate of drug-likeness (QED) is 0.760. The Kier molecular flexibility index (Phi) is 6.52. The molecule has 0 unspecified atom stereocenters. The SMILES string of the molecule is COc1ccc(C(=O)NCCCOC2CCCCC2)c(O)c1. The molecule has 1 aromatic rings. The van der Waals surface area contributed by atoms with Crippen LogP contribution >= 0.6 is 0 Å². The van der Waals surface area contributed by atoms with Crippen molar-refractivity contribution in [3.8, 4) is 11.5 Å². The van der Waals surface area contributed by atoms with Gasteiger partial charge >= 0.3 is 0 Å². The summed E-state index contributed by atoms with van der Waals surface area (Å²) >= 11 is 0. The highest BCUT2D eigenvalue weighted by Crippen LogP contribution is 2.23. The van der Waals surface area contributed by atoms with Crippen LogP contribution in [0.15, 0.2) is 18.2 Å². The van der Waals surface area contributed by atoms with Gasteiger partial charge in [0.25, 0.3) is 5.91 Å². The number of phenolic OH excluding ortho intramolecular Hbond substituents is 1. The second-order valence-electron chi connectivity index (χ2n) is 5.62. The van der Waals surface area contributed by atoms with Crippen LogP contribution < -0.4 is 10.1 Å². The second kappa shape index (κ2) is 8.63. The first kappa shape index (κ1) is 16.6. The molecular formula is C17H25NO4. The molecule has 0 heterocycles. The van der Waals surface area contributed by atoms with Gasteiger partial charge in [-0.3, -0.25) is 4.79 Å². The summed E-state index contributed by atoms with van der Waals surface area (Å²) in [6.45, 7) is 1.20. The summed E-state index contributed by atoms with van der Waals surface area (Å²) in [5.41, 5.74) is 0.258. The van der Waals surface area contributed by atoms with E-state index >= 15 is 0 Å². The molecule has 1 fully saturated rings. The largest absolute Gasteiger partial charge is 0.507 e. The summed E-state index contributed by atoms with van der Waals surface area (Å²) in [6, 6.07) is 4.64. The molecule has 2 rings (SSSR count). The molecule has 0 saturated heterocycles. The van der Waals surface area contributed by atoms with Gasteiger partial charge in [0.05, 0.1) is 18.8 Å². The monoisotopic (exact) mass is 307 g/mol. The highest BCUT2D eigenvalue weighted by Gasteiger charge is 2.14. The van der Waals surface area contributed by atoms with Crippen molar-refractivity contribution in [2.75, 3.05) is 20.3 Å². The van der Waals surface area contributed by atoms with E-state index in [0.29, 0.717) is 25.0 Å². The van der Waals surface area contributed by atoms with Crippen molar-refractivity contribution in [3.05, 3.63) is 23.8 Å². The number of benzene rings is 1. The van der Waals surface area contributed by atoms with E-state index in [2.05, 4.69) is 5.32 Å². The first-order valence-corrected chi connectivity index (χ1v) is 7.97. The summed E-state index contributed by atoms with van der Waals surface area (Å²) in [6.07, 6.45) is 7.34. The number of amides is 1. The van der Waals surface area contributed by atoms with E-state index < -0.39 is 0 Å². The first-order chi connectivity index (χ1) is 10.7. The second-order valence-corrected chi connectivity index (χ2v) is 5.62. The lowest BCUT2D eigenvalue weighted by Crippen LogP contribution is -2.26. The zero-order valence-corrected chi connectivity index (χ0v) is 13.1. The fourth-order valence-electron chi connectivity index (χ4n) is 2.68. The summed E-state index contributed by atoms with van der Waals surface area (Å²) in [4.78, 5) is 12.0. The number of aromatic hydroxyl groups is 1. The zero-order valence-electron chi connectivity index (χ0n) is 13.1. The standard InChI is InChI=1S/C17H25NO4/c1-21-14-8-9-15(16(19)12-14)17(20)18-10-5-11-22-13-6-3-2-4-7-13/h8-9,12-13,19H,2-7,10-11H2,1H3,(H,18,20). The Bertz CT molecular complexity index is 484. The predicted molar refractivity (Wildman–Crippen MR) is 84.4 cm³/mol. The lowest BCUT2D eigenvalue weighted by Gasteiger charge is -2.21. The molecule has 122 valence electrons. The average molecular weight is 307 g/mol. The van der Waals surface area contributed by atoms with Crippen LogP contribution in [-0.2, 0) is 4.74 Å². The van der Waals surface area contributed by atoms with Crippen molar-refractivity contribution in [1.29, 1.82) is 0 Å². The van der Waals surface area contributed by atoms with Crippen LogP contribution in [0.25, 0.3) is 0 Å². The molecule has 1 amide bonds. The van der Waals surface area contributed by atoms with Gasteiger partial charge < -0.3 is 19.9 Å². The molecule has 1 aliphatic rings. The third kappa shape index (κ3) is 4.91. The van der Waals surface area contributed by atoms with Crippen LogP contribution in [0.2, 0.25) is 0 Å². The number of methoxy groups -OCH3 is 1. The smallest absolute Gasteiger partial charge is 0.255 e. The summed E-state index contributed by atoms with van der Waals surface area (Å²) in [5, 5.41) is 12.6. The number of ether oxygens (including phenoxy) is 2. The molecule has 0 aliphatic heterocycles. The molecule has 0 bridgehead atoms. The highest BCUT2D eigenvalue weighted by molar-refractivity contribution is 5.96. The van der Waals surface area contributed by atoms with Crippen LogP contribution in [0.4, 0.5) is 0 Å². The van der Waals surface area contributed by atoms with Gasteiger partial charge in [0.15, 0.2) is 0 Å². The molecule has 1 saturated carbocycles. The molecule has 5 nitrogen and oxygen atoms in total. The molecule has 0 radical (unpaired) electrons. The molecule has 22 heavy (non-hydrogen) atoms. The number of nitrogens with one attached hydrogen (secondary N) is 1. The van der Waals surface area contributed by atoms with Crippen molar-refractivity contribution in [2.24, 2.45) is 0 Å². The van der Waals surface area contributed by atoms with E-state index in [1.54, 1.807) is 12.1 Å². The van der Waals surface area contributed by atoms with Gasteiger partial charge in [-0.2, -0.15) is 0 Å². The van der Waals surface area contributed by atoms with Gasteiger partial charge in [-0.15, -0.1) is 0 Å². The molecule has 0 spiro atoms. The van der Waals surface area contributed by atoms with Crippen LogP contribution in [0.5, 0.6) is 11.5 Å². The van der Waals surface area contributed by atoms with Crippen molar-refractivity contribution < 1.29 is 19.4 Å². The van der Waals surface area contributed by atoms with Gasteiger partial charge in [-0.05, 0) is 31.4 Å². The van der Waals surface area contributed by atoms with Crippen LogP contribution in [0.3, 0.4) is 0 Å². The van der Waals surface area contributed by atoms with Crippen molar-refractivity contribution >= 4 is 5.91 Å². The van der Waals surface area contributed by atoms with Crippen LogP contribution in [0.1, 0.15) is 48.9 Å². The lowest BCUT2D eigenvalue weighted by molar-refractivity contribution is 0.0273. The van der Waals surface area contributed by atoms with Gasteiger partial charge in [-0.1, -0.05) is 19.3 Å². The van der Waals surface area contributed by atoms with E-state index in [0.717, 1.165) is 19.3 Å². The van der Waals surface area contributed by atoms with Crippen molar-refractivity contribution in [3.63, 3.8) is 0 Å². The highest BCUT2D eigenvalue weighted by atomic mass is 16.5. The molecule has 1 aliphatic carbocycles. The minimum Gasteiger partial charge on any atom is -0.507 e. The zero-order chi connectivity index (χ0) is 15.8. The van der Waals surface area contributed by atoms with Crippen LogP contribution in [0, 0.1) is 0 Å². The third-order valence-corrected chi connectivity index (χ3v) is 3.96. The molecule has 2 N–H and O–H groups in total. The van der Waals surface area contributed by atoms with E-state index in [1.807, 2.05) is 0 Å². The third-order valence-electron chi connectivity index (χ3n) is 3.96. The minimum absolute atomic E-state index is 0.0738. The Morgan fingerprint density at radius 1 is 1.32 bits per heavy atom.